The van der Waals surface area contributed by atoms with E-state index in [4.69, 9.17) is 13.8 Å². The number of hydrogen-bond donors (Lipinski definition) is 0. The Morgan fingerprint density at radius 3 is 1.14 bits per heavy atom. The van der Waals surface area contributed by atoms with E-state index in [1.54, 1.807) is 5.19 Å². The largest absolute Gasteiger partial charge is 0.455 e. The number of pyridine rings is 1. The lowest BCUT2D eigenvalue weighted by Gasteiger charge is -2.22. The molecule has 0 N–H and O–H groups in total. The van der Waals surface area contributed by atoms with Gasteiger partial charge in [-0.25, -0.2) is 0 Å². The molecule has 0 aliphatic carbocycles. The van der Waals surface area contributed by atoms with Gasteiger partial charge in [-0.3, -0.25) is 4.98 Å². The number of hydrogen-bond acceptors (Lipinski definition) is 5. The highest BCUT2D eigenvalue weighted by Gasteiger charge is 2.41. The molecule has 0 fully saturated rings. The average molecular weight is 1870 g/mol. The van der Waals surface area contributed by atoms with Crippen molar-refractivity contribution in [1.29, 1.82) is 0 Å². The molecule has 7 nitrogen and oxygen atoms in total. The number of benzene rings is 23. The molecule has 10 heterocycles. The number of para-hydroxylation sites is 9. The van der Waals surface area contributed by atoms with Gasteiger partial charge in [0.15, 0.2) is 0 Å². The average Bonchev–Trinajstić information content (AvgIpc) is 1.55. The SMILES string of the molecule is C[Si]1(C)c2ccccc2-c2c1c1ccccc1c1cnc3c4ccccc4n(-c4ccc5c(c4)c4ccccc4n5-c4ccccc4)c3c21.c1cc(-c2cccc3c2sc2ccc4c5ccccc5c5c6ccccc6oc5c4c23)cc(-n2c3ccccc3c3ccccc32)c1.c1ccc(-n2c3ccccc3c3cc(-c4cccc5c4sc4ccc6c7ccccc7c7c8ccccc8oc7c6c45)ccc32)cc1. The lowest BCUT2D eigenvalue weighted by atomic mass is 9.93. The summed E-state index contributed by atoms with van der Waals surface area (Å²) in [4.78, 5) is 5.29. The molecule has 0 atom stereocenters. The van der Waals surface area contributed by atoms with E-state index in [1.165, 1.54) is 264 Å². The summed E-state index contributed by atoms with van der Waals surface area (Å²) in [5.74, 6) is 0. The molecule has 9 aromatic heterocycles. The molecule has 0 radical (unpaired) electrons. The molecule has 1 aliphatic rings. The number of rotatable bonds is 6. The maximum Gasteiger partial charge on any atom is 0.144 e. The fraction of sp³-hybridized carbons (Fsp3) is 0.0150. The van der Waals surface area contributed by atoms with Crippen LogP contribution in [-0.4, -0.2) is 31.3 Å². The van der Waals surface area contributed by atoms with E-state index in [9.17, 15) is 0 Å². The molecule has 10 heteroatoms. The van der Waals surface area contributed by atoms with Gasteiger partial charge in [0.05, 0.1) is 49.7 Å². The van der Waals surface area contributed by atoms with Crippen LogP contribution >= 0.6 is 22.7 Å². The van der Waals surface area contributed by atoms with E-state index in [0.717, 1.165) is 33.5 Å². The van der Waals surface area contributed by atoms with Crippen molar-refractivity contribution in [2.45, 2.75) is 13.1 Å². The van der Waals surface area contributed by atoms with Crippen molar-refractivity contribution in [3.63, 3.8) is 0 Å². The molecule has 0 saturated heterocycles. The number of nitrogens with zero attached hydrogens (tertiary/aromatic N) is 5. The zero-order valence-corrected chi connectivity index (χ0v) is 80.3. The fourth-order valence-electron chi connectivity index (χ4n) is 25.1. The summed E-state index contributed by atoms with van der Waals surface area (Å²) in [6, 6.07) is 164. The van der Waals surface area contributed by atoms with Crippen molar-refractivity contribution < 1.29 is 8.83 Å². The summed E-state index contributed by atoms with van der Waals surface area (Å²) in [5.41, 5.74) is 26.9. The van der Waals surface area contributed by atoms with Gasteiger partial charge in [0.2, 0.25) is 0 Å². The van der Waals surface area contributed by atoms with Gasteiger partial charge in [0, 0.05) is 150 Å². The lowest BCUT2D eigenvalue weighted by Crippen LogP contribution is -2.49. The van der Waals surface area contributed by atoms with E-state index in [0.29, 0.717) is 0 Å². The Bertz CT molecular complexity index is 11100. The maximum atomic E-state index is 6.75. The van der Waals surface area contributed by atoms with Gasteiger partial charge in [-0.15, -0.1) is 22.7 Å². The van der Waals surface area contributed by atoms with Gasteiger partial charge >= 0.3 is 0 Å². The quantitative estimate of drug-likeness (QED) is 0.123. The monoisotopic (exact) mass is 1870 g/mol. The topological polar surface area (TPSA) is 58.9 Å². The molecule has 0 amide bonds. The van der Waals surface area contributed by atoms with Crippen LogP contribution in [0.15, 0.2) is 464 Å². The van der Waals surface area contributed by atoms with Crippen LogP contribution in [0, 0.1) is 0 Å². The molecule has 0 unspecified atom stereocenters. The molecular weight excluding hydrogens is 1790 g/mol. The second-order valence-electron chi connectivity index (χ2n) is 38.8. The molecule has 0 spiro atoms. The van der Waals surface area contributed by atoms with Crippen LogP contribution in [0.2, 0.25) is 13.1 Å². The maximum absolute atomic E-state index is 6.75. The van der Waals surface area contributed by atoms with Gasteiger partial charge in [-0.05, 0) is 208 Å². The zero-order valence-electron chi connectivity index (χ0n) is 77.7. The van der Waals surface area contributed by atoms with Crippen LogP contribution in [-0.2, 0) is 0 Å². The normalized spacial score (nSPS) is 12.7. The van der Waals surface area contributed by atoms with Crippen LogP contribution in [0.3, 0.4) is 0 Å². The third kappa shape index (κ3) is 11.5. The Kier molecular flexibility index (Phi) is 17.2. The number of furan rings is 2. The van der Waals surface area contributed by atoms with Gasteiger partial charge in [-0.1, -0.05) is 341 Å². The molecular formula is C133H81N5O2S2Si. The van der Waals surface area contributed by atoms with E-state index < -0.39 is 8.07 Å². The van der Waals surface area contributed by atoms with Gasteiger partial charge < -0.3 is 27.1 Å². The van der Waals surface area contributed by atoms with E-state index in [-0.39, 0.29) is 0 Å². The van der Waals surface area contributed by atoms with Gasteiger partial charge in [0.25, 0.3) is 0 Å². The molecule has 666 valence electrons. The Labute approximate surface area is 827 Å². The van der Waals surface area contributed by atoms with Crippen molar-refractivity contribution in [2.24, 2.45) is 0 Å². The number of fused-ring (bicyclic) bond motifs is 45. The van der Waals surface area contributed by atoms with Crippen molar-refractivity contribution in [1.82, 2.24) is 23.3 Å². The van der Waals surface area contributed by atoms with Crippen LogP contribution in [0.25, 0.3) is 292 Å². The third-order valence-electron chi connectivity index (χ3n) is 31.0. The molecule has 143 heavy (non-hydrogen) atoms. The summed E-state index contributed by atoms with van der Waals surface area (Å²) in [6.45, 7) is 5.06. The fourth-order valence-corrected chi connectivity index (χ4v) is 31.0. The molecule has 32 aromatic rings. The summed E-state index contributed by atoms with van der Waals surface area (Å²) >= 11 is 3.76. The standard InChI is InChI=1S/C45H31N3Si.2C44H25NOS/c1-49(2)40-23-13-10-20-34(40)42-41-36(30-16-6-7-18-32(30)45(42)49)27-46-43-33-19-9-12-22-38(33)48(44(41)43)29-24-25-39-35(26-29)31-17-8-11-21-37(31)47(39)28-14-4-3-5-15-28;1-2-16-32-29(13-1)33-23-24-39-41(42(33)43-40(32)34-17-5-8-22-38(34)46-43)35-19-10-18-28(44(35)47-39)26-11-9-12-27(25-26)45-36-20-6-3-14-30(36)31-15-4-7-21-37(31)45;1-2-11-27(12-3-1)45-36-19-8-6-14-30(36)35-25-26(21-23-37(35)45)28-17-10-18-34-41-39(47-44(28)34)24-22-32-29-13-4-5-15-31(29)40-33-16-7-9-20-38(33)46-43(40)42(32)41/h3-27H,1-2H3;2*1-25H. The Morgan fingerprint density at radius 1 is 0.231 bits per heavy atom. The van der Waals surface area contributed by atoms with Crippen LogP contribution in [0.4, 0.5) is 0 Å². The van der Waals surface area contributed by atoms with E-state index in [2.05, 4.69) is 486 Å². The van der Waals surface area contributed by atoms with Gasteiger partial charge in [0.1, 0.15) is 30.4 Å². The first-order valence-corrected chi connectivity index (χ1v) is 53.7. The summed E-state index contributed by atoms with van der Waals surface area (Å²) in [6.07, 6.45) is 2.14. The second kappa shape index (κ2) is 30.6. The Morgan fingerprint density at radius 2 is 0.601 bits per heavy atom. The van der Waals surface area contributed by atoms with E-state index >= 15 is 0 Å². The van der Waals surface area contributed by atoms with Crippen LogP contribution < -0.4 is 10.4 Å². The Balaban J connectivity index is 0.0000000981. The minimum Gasteiger partial charge on any atom is -0.455 e. The van der Waals surface area contributed by atoms with Gasteiger partial charge in [-0.2, -0.15) is 0 Å². The highest BCUT2D eigenvalue weighted by atomic mass is 32.1. The number of aromatic nitrogens is 5. The Hall–Kier alpha value is -17.8. The summed E-state index contributed by atoms with van der Waals surface area (Å²) in [5, 5.41) is 36.7. The van der Waals surface area contributed by atoms with Crippen molar-refractivity contribution in [3.05, 3.63) is 455 Å². The molecule has 0 bridgehead atoms. The zero-order chi connectivity index (χ0) is 93.7. The smallest absolute Gasteiger partial charge is 0.144 e. The van der Waals surface area contributed by atoms with E-state index in [1.807, 2.05) is 22.7 Å². The highest BCUT2D eigenvalue weighted by Crippen LogP contribution is 2.54. The van der Waals surface area contributed by atoms with Crippen molar-refractivity contribution >= 4 is 277 Å². The second-order valence-corrected chi connectivity index (χ2v) is 45.2. The minimum atomic E-state index is -2.01. The predicted molar refractivity (Wildman–Crippen MR) is 613 cm³/mol. The third-order valence-corrected chi connectivity index (χ3v) is 37.0. The van der Waals surface area contributed by atoms with Crippen LogP contribution in [0.5, 0.6) is 0 Å². The summed E-state index contributed by atoms with van der Waals surface area (Å²) < 4.78 is 28.3. The molecule has 0 saturated carbocycles. The summed E-state index contributed by atoms with van der Waals surface area (Å²) in [7, 11) is -2.01. The van der Waals surface area contributed by atoms with Crippen LogP contribution in [0.1, 0.15) is 0 Å². The lowest BCUT2D eigenvalue weighted by molar-refractivity contribution is 0.673. The minimum absolute atomic E-state index is 0.930. The first-order valence-electron chi connectivity index (χ1n) is 49.1. The predicted octanol–water partition coefficient (Wildman–Crippen LogP) is 36.4. The first kappa shape index (κ1) is 80.2. The van der Waals surface area contributed by atoms with Crippen molar-refractivity contribution in [3.8, 4) is 56.1 Å². The molecule has 33 rings (SSSR count). The first-order chi connectivity index (χ1) is 70.8. The molecule has 23 aromatic carbocycles. The number of thiophene rings is 2. The molecule has 1 aliphatic heterocycles. The van der Waals surface area contributed by atoms with Crippen molar-refractivity contribution in [2.75, 3.05) is 0 Å². The highest BCUT2D eigenvalue weighted by molar-refractivity contribution is 7.27.